The van der Waals surface area contributed by atoms with Gasteiger partial charge in [0.2, 0.25) is 0 Å². The Labute approximate surface area is 167 Å². The van der Waals surface area contributed by atoms with Gasteiger partial charge in [0.15, 0.2) is 13.1 Å². The minimum Gasteiger partial charge on any atom is -0.347 e. The van der Waals surface area contributed by atoms with Crippen molar-refractivity contribution in [3.63, 3.8) is 0 Å². The third kappa shape index (κ3) is 6.90. The fraction of sp³-hybridized carbons (Fsp3) is 0.333. The molecule has 0 aliphatic rings. The van der Waals surface area contributed by atoms with Crippen LogP contribution in [0.15, 0.2) is 48.5 Å². The number of benzene rings is 2. The molecule has 0 fully saturated rings. The summed E-state index contributed by atoms with van der Waals surface area (Å²) in [5.41, 5.74) is 0.877. The molecule has 0 aliphatic carbocycles. The van der Waals surface area contributed by atoms with Crippen molar-refractivity contribution in [1.82, 2.24) is 5.32 Å². The van der Waals surface area contributed by atoms with Crippen molar-refractivity contribution in [2.45, 2.75) is 26.6 Å². The van der Waals surface area contributed by atoms with Gasteiger partial charge >= 0.3 is 6.18 Å². The molecule has 2 aromatic carbocycles. The number of carbonyl (C=O) groups is 2. The number of hydrogen-bond acceptors (Lipinski definition) is 2. The second-order valence-corrected chi connectivity index (χ2v) is 6.75. The van der Waals surface area contributed by atoms with Crippen molar-refractivity contribution in [2.75, 3.05) is 25.0 Å². The lowest BCUT2D eigenvalue weighted by atomic mass is 10.1. The van der Waals surface area contributed by atoms with E-state index in [1.54, 1.807) is 6.92 Å². The first-order valence-electron chi connectivity index (χ1n) is 9.31. The minimum absolute atomic E-state index is 0.0523. The van der Waals surface area contributed by atoms with Gasteiger partial charge in [-0.05, 0) is 37.1 Å². The van der Waals surface area contributed by atoms with Crippen molar-refractivity contribution in [2.24, 2.45) is 0 Å². The molecule has 8 heteroatoms. The first kappa shape index (κ1) is 22.4. The first-order valence-corrected chi connectivity index (χ1v) is 9.31. The molecule has 0 aliphatic heterocycles. The van der Waals surface area contributed by atoms with Crippen molar-refractivity contribution in [3.8, 4) is 0 Å². The SMILES string of the molecule is CC[NH+](CC(=O)NCc1ccccc1C)CC(=O)Nc1ccccc1C(F)(F)F. The highest BCUT2D eigenvalue weighted by atomic mass is 19.4. The monoisotopic (exact) mass is 408 g/mol. The van der Waals surface area contributed by atoms with Crippen molar-refractivity contribution in [1.29, 1.82) is 0 Å². The molecule has 5 nitrogen and oxygen atoms in total. The lowest BCUT2D eigenvalue weighted by molar-refractivity contribution is -0.881. The number of rotatable bonds is 8. The molecule has 2 aromatic rings. The Balaban J connectivity index is 1.90. The van der Waals surface area contributed by atoms with Crippen LogP contribution in [-0.2, 0) is 22.3 Å². The van der Waals surface area contributed by atoms with Crippen molar-refractivity contribution in [3.05, 3.63) is 65.2 Å². The molecule has 1 atom stereocenters. The Hall–Kier alpha value is -2.87. The summed E-state index contributed by atoms with van der Waals surface area (Å²) in [5, 5.41) is 5.13. The van der Waals surface area contributed by atoms with Crippen molar-refractivity contribution < 1.29 is 27.7 Å². The summed E-state index contributed by atoms with van der Waals surface area (Å²) in [6, 6.07) is 12.5. The minimum atomic E-state index is -4.56. The zero-order chi connectivity index (χ0) is 21.4. The van der Waals surface area contributed by atoms with Gasteiger partial charge in [-0.2, -0.15) is 13.2 Å². The van der Waals surface area contributed by atoms with Gasteiger partial charge in [-0.15, -0.1) is 0 Å². The van der Waals surface area contributed by atoms with Gasteiger partial charge in [0, 0.05) is 6.54 Å². The van der Waals surface area contributed by atoms with Crippen LogP contribution in [0.1, 0.15) is 23.6 Å². The standard InChI is InChI=1S/C21H24F3N3O2/c1-3-27(13-19(28)25-12-16-9-5-4-8-15(16)2)14-20(29)26-18-11-7-6-10-17(18)21(22,23)24/h4-11H,3,12-14H2,1-2H3,(H,25,28)(H,26,29)/p+1. The Morgan fingerprint density at radius 1 is 0.966 bits per heavy atom. The summed E-state index contributed by atoms with van der Waals surface area (Å²) in [6.07, 6.45) is -4.56. The van der Waals surface area contributed by atoms with E-state index in [0.717, 1.165) is 17.2 Å². The number of alkyl halides is 3. The van der Waals surface area contributed by atoms with E-state index in [1.165, 1.54) is 18.2 Å². The third-order valence-electron chi connectivity index (χ3n) is 4.56. The van der Waals surface area contributed by atoms with Crippen LogP contribution in [0.4, 0.5) is 18.9 Å². The van der Waals surface area contributed by atoms with Crippen LogP contribution in [0.5, 0.6) is 0 Å². The number of amides is 2. The fourth-order valence-electron chi connectivity index (χ4n) is 2.87. The number of aryl methyl sites for hydroxylation is 1. The second kappa shape index (κ2) is 10.1. The number of quaternary nitrogens is 1. The number of carbonyl (C=O) groups excluding carboxylic acids is 2. The van der Waals surface area contributed by atoms with E-state index in [9.17, 15) is 22.8 Å². The normalized spacial score (nSPS) is 12.3. The van der Waals surface area contributed by atoms with Crippen molar-refractivity contribution >= 4 is 17.5 Å². The lowest BCUT2D eigenvalue weighted by Crippen LogP contribution is -3.14. The summed E-state index contributed by atoms with van der Waals surface area (Å²) in [6.45, 7) is 4.56. The fourth-order valence-corrected chi connectivity index (χ4v) is 2.87. The maximum absolute atomic E-state index is 13.0. The highest BCUT2D eigenvalue weighted by Gasteiger charge is 2.33. The topological polar surface area (TPSA) is 62.6 Å². The maximum Gasteiger partial charge on any atom is 0.418 e. The Bertz CT molecular complexity index is 853. The Morgan fingerprint density at radius 2 is 1.59 bits per heavy atom. The average Bonchev–Trinajstić information content (AvgIpc) is 2.66. The summed E-state index contributed by atoms with van der Waals surface area (Å²) >= 11 is 0. The van der Waals surface area contributed by atoms with Gasteiger partial charge in [0.25, 0.3) is 11.8 Å². The number of nitrogens with one attached hydrogen (secondary N) is 3. The van der Waals surface area contributed by atoms with Crippen LogP contribution >= 0.6 is 0 Å². The molecule has 0 bridgehead atoms. The molecular formula is C21H25F3N3O2+. The summed E-state index contributed by atoms with van der Waals surface area (Å²) < 4.78 is 39.1. The number of anilines is 1. The van der Waals surface area contributed by atoms with Gasteiger partial charge in [-0.3, -0.25) is 9.59 Å². The Kier molecular flexibility index (Phi) is 7.78. The highest BCUT2D eigenvalue weighted by Crippen LogP contribution is 2.34. The van der Waals surface area contributed by atoms with E-state index in [-0.39, 0.29) is 24.7 Å². The zero-order valence-corrected chi connectivity index (χ0v) is 16.4. The van der Waals surface area contributed by atoms with Gasteiger partial charge in [0.1, 0.15) is 0 Å². The third-order valence-corrected chi connectivity index (χ3v) is 4.56. The molecule has 1 unspecified atom stereocenters. The van der Waals surface area contributed by atoms with Crippen LogP contribution in [-0.4, -0.2) is 31.4 Å². The molecular weight excluding hydrogens is 383 g/mol. The molecule has 3 N–H and O–H groups in total. The molecule has 0 spiro atoms. The smallest absolute Gasteiger partial charge is 0.347 e. The van der Waals surface area contributed by atoms with E-state index in [0.29, 0.717) is 18.0 Å². The predicted octanol–water partition coefficient (Wildman–Crippen LogP) is 2.17. The molecule has 0 saturated heterocycles. The van der Waals surface area contributed by atoms with Crippen LogP contribution < -0.4 is 15.5 Å². The molecule has 2 rings (SSSR count). The molecule has 156 valence electrons. The van der Waals surface area contributed by atoms with E-state index in [2.05, 4.69) is 10.6 Å². The molecule has 0 saturated carbocycles. The summed E-state index contributed by atoms with van der Waals surface area (Å²) in [5.74, 6) is -0.807. The van der Waals surface area contributed by atoms with Crippen LogP contribution in [0, 0.1) is 6.92 Å². The summed E-state index contributed by atoms with van der Waals surface area (Å²) in [4.78, 5) is 25.1. The summed E-state index contributed by atoms with van der Waals surface area (Å²) in [7, 11) is 0. The zero-order valence-electron chi connectivity index (χ0n) is 16.4. The van der Waals surface area contributed by atoms with E-state index in [1.807, 2.05) is 31.2 Å². The van der Waals surface area contributed by atoms with Gasteiger partial charge in [-0.1, -0.05) is 36.4 Å². The van der Waals surface area contributed by atoms with E-state index >= 15 is 0 Å². The average molecular weight is 408 g/mol. The highest BCUT2D eigenvalue weighted by molar-refractivity contribution is 5.92. The lowest BCUT2D eigenvalue weighted by Gasteiger charge is -2.18. The van der Waals surface area contributed by atoms with E-state index < -0.39 is 17.6 Å². The molecule has 0 aromatic heterocycles. The second-order valence-electron chi connectivity index (χ2n) is 6.75. The van der Waals surface area contributed by atoms with Gasteiger partial charge < -0.3 is 15.5 Å². The maximum atomic E-state index is 13.0. The number of halogens is 3. The number of likely N-dealkylation sites (N-methyl/N-ethyl adjacent to an activating group) is 1. The Morgan fingerprint density at radius 3 is 2.24 bits per heavy atom. The molecule has 0 radical (unpaired) electrons. The van der Waals surface area contributed by atoms with Gasteiger partial charge in [-0.25, -0.2) is 0 Å². The predicted molar refractivity (Wildman–Crippen MR) is 104 cm³/mol. The first-order chi connectivity index (χ1) is 13.7. The quantitative estimate of drug-likeness (QED) is 0.627. The molecule has 29 heavy (non-hydrogen) atoms. The van der Waals surface area contributed by atoms with Crippen LogP contribution in [0.25, 0.3) is 0 Å². The number of para-hydroxylation sites is 1. The molecule has 0 heterocycles. The van der Waals surface area contributed by atoms with Crippen LogP contribution in [0.3, 0.4) is 0 Å². The molecule has 2 amide bonds. The number of hydrogen-bond donors (Lipinski definition) is 3. The van der Waals surface area contributed by atoms with Gasteiger partial charge in [0.05, 0.1) is 17.8 Å². The van der Waals surface area contributed by atoms with Crippen LogP contribution in [0.2, 0.25) is 0 Å². The largest absolute Gasteiger partial charge is 0.418 e. The van der Waals surface area contributed by atoms with E-state index in [4.69, 9.17) is 0 Å².